The highest BCUT2D eigenvalue weighted by Crippen LogP contribution is 2.32. The summed E-state index contributed by atoms with van der Waals surface area (Å²) < 4.78 is 9.11. The Morgan fingerprint density at radius 3 is 2.33 bits per heavy atom. The third-order valence-electron chi connectivity index (χ3n) is 3.33. The van der Waals surface area contributed by atoms with Crippen molar-refractivity contribution in [3.8, 4) is 0 Å². The molecular weight excluding hydrogens is 370 g/mol. The number of ether oxygens (including phenoxy) is 2. The molecule has 0 aliphatic carbocycles. The van der Waals surface area contributed by atoms with Crippen LogP contribution in [0.2, 0.25) is 0 Å². The van der Waals surface area contributed by atoms with Crippen molar-refractivity contribution in [2.24, 2.45) is 0 Å². The highest BCUT2D eigenvalue weighted by molar-refractivity contribution is 7.99. The van der Waals surface area contributed by atoms with Gasteiger partial charge in [0.05, 0.1) is 25.9 Å². The zero-order valence-corrected chi connectivity index (χ0v) is 15.4. The molecular formula is C19H17NO6S. The van der Waals surface area contributed by atoms with E-state index in [-0.39, 0.29) is 11.3 Å². The highest BCUT2D eigenvalue weighted by atomic mass is 32.2. The molecule has 0 aliphatic heterocycles. The number of benzene rings is 2. The number of carbonyl (C=O) groups excluding carboxylic acids is 2. The third kappa shape index (κ3) is 5.61. The van der Waals surface area contributed by atoms with Gasteiger partial charge in [-0.1, -0.05) is 30.0 Å². The zero-order valence-electron chi connectivity index (χ0n) is 14.6. The Morgan fingerprint density at radius 1 is 1.04 bits per heavy atom. The van der Waals surface area contributed by atoms with E-state index in [1.165, 1.54) is 24.9 Å². The fourth-order valence-electron chi connectivity index (χ4n) is 2.07. The molecule has 2 aromatic rings. The molecule has 0 spiro atoms. The number of rotatable bonds is 7. The molecule has 0 amide bonds. The number of hydrogen-bond donors (Lipinski definition) is 2. The van der Waals surface area contributed by atoms with Gasteiger partial charge in [0.1, 0.15) is 5.70 Å². The summed E-state index contributed by atoms with van der Waals surface area (Å²) in [7, 11) is 2.34. The van der Waals surface area contributed by atoms with Crippen molar-refractivity contribution in [1.29, 1.82) is 0 Å². The molecule has 2 rings (SSSR count). The van der Waals surface area contributed by atoms with E-state index in [0.717, 1.165) is 18.1 Å². The number of carboxylic acids is 1. The second-order valence-corrected chi connectivity index (χ2v) is 6.24. The predicted octanol–water partition coefficient (Wildman–Crippen LogP) is 3.18. The molecule has 2 N–H and O–H groups in total. The first-order valence-corrected chi connectivity index (χ1v) is 8.51. The van der Waals surface area contributed by atoms with Gasteiger partial charge in [-0.2, -0.15) is 0 Å². The van der Waals surface area contributed by atoms with Gasteiger partial charge in [0.2, 0.25) is 0 Å². The van der Waals surface area contributed by atoms with Crippen LogP contribution in [0.3, 0.4) is 0 Å². The largest absolute Gasteiger partial charge is 0.478 e. The van der Waals surface area contributed by atoms with Crippen LogP contribution in [0.25, 0.3) is 0 Å². The molecule has 0 fully saturated rings. The Hall–Kier alpha value is -3.26. The fraction of sp³-hybridized carbons (Fsp3) is 0.105. The summed E-state index contributed by atoms with van der Waals surface area (Å²) in [6.07, 6.45) is 0.929. The number of nitrogens with one attached hydrogen (secondary N) is 1. The molecule has 8 heteroatoms. The summed E-state index contributed by atoms with van der Waals surface area (Å²) >= 11 is 1.31. The maximum Gasteiger partial charge on any atom is 0.354 e. The lowest BCUT2D eigenvalue weighted by Crippen LogP contribution is -2.15. The van der Waals surface area contributed by atoms with Crippen LogP contribution in [0.4, 0.5) is 5.69 Å². The van der Waals surface area contributed by atoms with Gasteiger partial charge >= 0.3 is 17.9 Å². The number of carboxylic acid groups (broad SMARTS) is 1. The van der Waals surface area contributed by atoms with E-state index in [4.69, 9.17) is 0 Å². The summed E-state index contributed by atoms with van der Waals surface area (Å²) in [5.74, 6) is -2.66. The van der Waals surface area contributed by atoms with Gasteiger partial charge in [0.15, 0.2) is 0 Å². The van der Waals surface area contributed by atoms with Crippen LogP contribution in [-0.4, -0.2) is 37.2 Å². The molecule has 2 aromatic carbocycles. The molecule has 0 aromatic heterocycles. The predicted molar refractivity (Wildman–Crippen MR) is 99.7 cm³/mol. The number of methoxy groups -OCH3 is 2. The van der Waals surface area contributed by atoms with Crippen molar-refractivity contribution < 1.29 is 29.0 Å². The molecule has 0 aliphatic rings. The lowest BCUT2D eigenvalue weighted by Gasteiger charge is -2.12. The summed E-state index contributed by atoms with van der Waals surface area (Å²) in [5, 5.41) is 12.2. The lowest BCUT2D eigenvalue weighted by atomic mass is 10.2. The van der Waals surface area contributed by atoms with E-state index >= 15 is 0 Å². The topological polar surface area (TPSA) is 102 Å². The maximum absolute atomic E-state index is 11.8. The fourth-order valence-corrected chi connectivity index (χ4v) is 3.01. The average Bonchev–Trinajstić information content (AvgIpc) is 2.68. The van der Waals surface area contributed by atoms with Gasteiger partial charge in [-0.15, -0.1) is 0 Å². The normalized spacial score (nSPS) is 10.8. The molecule has 0 atom stereocenters. The molecule has 140 valence electrons. The lowest BCUT2D eigenvalue weighted by molar-refractivity contribution is -0.138. The molecule has 0 heterocycles. The molecule has 0 saturated heterocycles. The Balaban J connectivity index is 2.33. The van der Waals surface area contributed by atoms with Crippen LogP contribution in [0, 0.1) is 0 Å². The molecule has 7 nitrogen and oxygen atoms in total. The second-order valence-electron chi connectivity index (χ2n) is 5.13. The molecule has 0 radical (unpaired) electrons. The Kier molecular flexibility index (Phi) is 7.01. The SMILES string of the molecule is COC(=O)/C=C(/Nc1ccc(Sc2ccccc2)c(C(=O)O)c1)C(=O)OC. The Bertz CT molecular complexity index is 879. The van der Waals surface area contributed by atoms with Crippen LogP contribution in [0.5, 0.6) is 0 Å². The minimum absolute atomic E-state index is 0.0520. The van der Waals surface area contributed by atoms with E-state index in [0.29, 0.717) is 10.6 Å². The van der Waals surface area contributed by atoms with E-state index < -0.39 is 17.9 Å². The van der Waals surface area contributed by atoms with Gasteiger partial charge in [-0.05, 0) is 30.3 Å². The minimum atomic E-state index is -1.12. The standard InChI is InChI=1S/C19H17NO6S/c1-25-17(21)11-15(19(24)26-2)20-12-8-9-16(14(10-12)18(22)23)27-13-6-4-3-5-7-13/h3-11,20H,1-2H3,(H,22,23)/b15-11+. The van der Waals surface area contributed by atoms with Crippen molar-refractivity contribution in [2.75, 3.05) is 19.5 Å². The number of anilines is 1. The van der Waals surface area contributed by atoms with Gasteiger partial charge in [0.25, 0.3) is 0 Å². The van der Waals surface area contributed by atoms with Crippen LogP contribution < -0.4 is 5.32 Å². The molecule has 0 saturated carbocycles. The third-order valence-corrected chi connectivity index (χ3v) is 4.41. The first-order valence-electron chi connectivity index (χ1n) is 7.70. The van der Waals surface area contributed by atoms with Crippen LogP contribution in [0.15, 0.2) is 70.1 Å². The quantitative estimate of drug-likeness (QED) is 0.552. The first kappa shape index (κ1) is 20.1. The maximum atomic E-state index is 11.8. The summed E-state index contributed by atoms with van der Waals surface area (Å²) in [6.45, 7) is 0. The van der Waals surface area contributed by atoms with Gasteiger partial charge in [-0.25, -0.2) is 14.4 Å². The summed E-state index contributed by atoms with van der Waals surface area (Å²) in [6, 6.07) is 13.9. The smallest absolute Gasteiger partial charge is 0.354 e. The van der Waals surface area contributed by atoms with Crippen LogP contribution >= 0.6 is 11.8 Å². The first-order chi connectivity index (χ1) is 12.9. The van der Waals surface area contributed by atoms with Gasteiger partial charge in [-0.3, -0.25) is 0 Å². The van der Waals surface area contributed by atoms with Crippen molar-refractivity contribution in [1.82, 2.24) is 0 Å². The Labute approximate surface area is 160 Å². The monoisotopic (exact) mass is 387 g/mol. The number of carbonyl (C=O) groups is 3. The highest BCUT2D eigenvalue weighted by Gasteiger charge is 2.16. The minimum Gasteiger partial charge on any atom is -0.478 e. The van der Waals surface area contributed by atoms with E-state index in [9.17, 15) is 19.5 Å². The molecule has 0 bridgehead atoms. The average molecular weight is 387 g/mol. The van der Waals surface area contributed by atoms with Crippen molar-refractivity contribution >= 4 is 35.4 Å². The zero-order chi connectivity index (χ0) is 19.8. The Morgan fingerprint density at radius 2 is 1.74 bits per heavy atom. The van der Waals surface area contributed by atoms with Gasteiger partial charge < -0.3 is 19.9 Å². The van der Waals surface area contributed by atoms with Crippen LogP contribution in [0.1, 0.15) is 10.4 Å². The summed E-state index contributed by atoms with van der Waals surface area (Å²) in [5.41, 5.74) is 0.186. The van der Waals surface area contributed by atoms with E-state index in [1.807, 2.05) is 30.3 Å². The van der Waals surface area contributed by atoms with Crippen molar-refractivity contribution in [3.05, 3.63) is 65.9 Å². The van der Waals surface area contributed by atoms with Gasteiger partial charge in [0, 0.05) is 15.5 Å². The van der Waals surface area contributed by atoms with Crippen molar-refractivity contribution in [2.45, 2.75) is 9.79 Å². The van der Waals surface area contributed by atoms with E-state index in [2.05, 4.69) is 14.8 Å². The number of esters is 2. The molecule has 27 heavy (non-hydrogen) atoms. The number of aromatic carboxylic acids is 1. The summed E-state index contributed by atoms with van der Waals surface area (Å²) in [4.78, 5) is 36.3. The van der Waals surface area contributed by atoms with Crippen molar-refractivity contribution in [3.63, 3.8) is 0 Å². The van der Waals surface area contributed by atoms with Crippen LogP contribution in [-0.2, 0) is 19.1 Å². The molecule has 0 unspecified atom stereocenters. The number of hydrogen-bond acceptors (Lipinski definition) is 7. The second kappa shape index (κ2) is 9.44. The van der Waals surface area contributed by atoms with E-state index in [1.54, 1.807) is 12.1 Å².